The Balaban J connectivity index is 2.55. The second-order valence-corrected chi connectivity index (χ2v) is 0.847. The van der Waals surface area contributed by atoms with Crippen LogP contribution >= 0.6 is 15.9 Å². The summed E-state index contributed by atoms with van der Waals surface area (Å²) < 4.78 is 0. The summed E-state index contributed by atoms with van der Waals surface area (Å²) in [5, 5.41) is 0. The maximum Gasteiger partial charge on any atom is 0.000801 e. The average Bonchev–Trinajstić information content (AvgIpc) is 1.37. The maximum atomic E-state index is 4.80. The van der Waals surface area contributed by atoms with Gasteiger partial charge in [0.05, 0.1) is 0 Å². The van der Waals surface area contributed by atoms with Gasteiger partial charge in [-0.15, -0.1) is 0 Å². The maximum absolute atomic E-state index is 4.80. The summed E-state index contributed by atoms with van der Waals surface area (Å²) in [6.45, 7) is 0. The highest BCUT2D eigenvalue weighted by Crippen LogP contribution is 1.72. The quantitative estimate of drug-likeness (QED) is 0.505. The van der Waals surface area contributed by atoms with Gasteiger partial charge in [0.15, 0.2) is 0 Å². The molecule has 0 heterocycles. The first-order valence-corrected chi connectivity index (χ1v) is 1.80. The first-order valence-electron chi connectivity index (χ1n) is 0.885. The van der Waals surface area contributed by atoms with Crippen molar-refractivity contribution in [2.75, 3.05) is 0 Å². The Morgan fingerprint density at radius 3 is 2.00 bits per heavy atom. The van der Waals surface area contributed by atoms with E-state index >= 15 is 0 Å². The molecule has 0 aliphatic heterocycles. The molecule has 0 saturated heterocycles. The van der Waals surface area contributed by atoms with Crippen LogP contribution in [0.15, 0.2) is 11.2 Å². The number of halogens is 1. The van der Waals surface area contributed by atoms with Crippen LogP contribution in [0.5, 0.6) is 0 Å². The fraction of sp³-hybridized carbons (Fsp3) is 0. The zero-order chi connectivity index (χ0) is 3.41. The molecule has 0 saturated carbocycles. The van der Waals surface area contributed by atoms with Crippen molar-refractivity contribution in [1.29, 1.82) is 0 Å². The van der Waals surface area contributed by atoms with E-state index in [0.29, 0.717) is 0 Å². The summed E-state index contributed by atoms with van der Waals surface area (Å²) in [6, 6.07) is 0. The van der Waals surface area contributed by atoms with Crippen LogP contribution in [0.25, 0.3) is 0 Å². The lowest BCUT2D eigenvalue weighted by Gasteiger charge is -1.51. The van der Waals surface area contributed by atoms with Gasteiger partial charge in [-0.1, -0.05) is 15.9 Å². The van der Waals surface area contributed by atoms with E-state index in [-0.39, 0.29) is 0 Å². The molecule has 2 heteroatoms. The van der Waals surface area contributed by atoms with E-state index in [2.05, 4.69) is 15.9 Å². The van der Waals surface area contributed by atoms with E-state index in [1.807, 2.05) is 0 Å². The van der Waals surface area contributed by atoms with E-state index in [1.54, 1.807) is 4.99 Å². The van der Waals surface area contributed by atoms with Crippen LogP contribution in [0.2, 0.25) is 0 Å². The smallest absolute Gasteiger partial charge is 0.000801 e. The third-order valence-corrected chi connectivity index (χ3v) is 0.378. The molecule has 2 N–H and O–H groups in total. The van der Waals surface area contributed by atoms with Gasteiger partial charge in [-0.25, -0.2) is 0 Å². The summed E-state index contributed by atoms with van der Waals surface area (Å²) in [6.07, 6.45) is 1.42. The van der Waals surface area contributed by atoms with Gasteiger partial charge in [-0.2, -0.15) is 0 Å². The zero-order valence-corrected chi connectivity index (χ0v) is 3.70. The fourth-order valence-electron chi connectivity index (χ4n) is 0. The molecule has 0 unspecified atom stereocenters. The predicted molar refractivity (Wildman–Crippen MR) is 22.3 cm³/mol. The average molecular weight is 122 g/mol. The molecule has 0 aromatic heterocycles. The largest absolute Gasteiger partial charge is 0.404 e. The summed E-state index contributed by atoms with van der Waals surface area (Å²) in [4.78, 5) is 1.59. The highest BCUT2D eigenvalue weighted by atomic mass is 79.9. The van der Waals surface area contributed by atoms with Crippen molar-refractivity contribution in [2.24, 2.45) is 5.73 Å². The van der Waals surface area contributed by atoms with Gasteiger partial charge in [-0.05, 0) is 4.99 Å². The zero-order valence-electron chi connectivity index (χ0n) is 2.11. The number of hydrogen-bond acceptors (Lipinski definition) is 1. The molecule has 1 nitrogen and oxygen atoms in total. The topological polar surface area (TPSA) is 26.0 Å². The van der Waals surface area contributed by atoms with Crippen molar-refractivity contribution in [3.8, 4) is 0 Å². The molecule has 4 heavy (non-hydrogen) atoms. The number of hydrogen-bond donors (Lipinski definition) is 1. The van der Waals surface area contributed by atoms with Crippen molar-refractivity contribution in [2.45, 2.75) is 0 Å². The Morgan fingerprint density at radius 1 is 1.75 bits per heavy atom. The first kappa shape index (κ1) is 4.02. The highest BCUT2D eigenvalue weighted by Gasteiger charge is 1.35. The Bertz CT molecular complexity index is 21.2. The molecule has 0 spiro atoms. The third kappa shape index (κ3) is 2.02. The van der Waals surface area contributed by atoms with Gasteiger partial charge >= 0.3 is 0 Å². The fourth-order valence-corrected chi connectivity index (χ4v) is 0. The Kier molecular flexibility index (Phi) is 3.04. The van der Waals surface area contributed by atoms with Crippen LogP contribution in [0, 0.1) is 0 Å². The molecular formula is C2H4BrN. The number of rotatable bonds is 0. The van der Waals surface area contributed by atoms with Gasteiger partial charge in [0, 0.05) is 6.20 Å². The predicted octanol–water partition coefficient (Wildman–Crippen LogP) is 0.811. The second-order valence-electron chi connectivity index (χ2n) is 0.318. The van der Waals surface area contributed by atoms with Crippen LogP contribution in [-0.4, -0.2) is 0 Å². The van der Waals surface area contributed by atoms with Gasteiger partial charge in [-0.3, -0.25) is 0 Å². The van der Waals surface area contributed by atoms with E-state index in [0.717, 1.165) is 0 Å². The summed E-state index contributed by atoms with van der Waals surface area (Å²) in [5.41, 5.74) is 4.80. The highest BCUT2D eigenvalue weighted by molar-refractivity contribution is 9.11. The molecule has 0 aliphatic carbocycles. The van der Waals surface area contributed by atoms with Crippen molar-refractivity contribution in [1.82, 2.24) is 0 Å². The molecule has 0 radical (unpaired) electrons. The minimum absolute atomic E-state index is 1.42. The summed E-state index contributed by atoms with van der Waals surface area (Å²) in [5.74, 6) is 0. The second kappa shape index (κ2) is 3.02. The van der Waals surface area contributed by atoms with Crippen LogP contribution in [0.1, 0.15) is 0 Å². The minimum atomic E-state index is 1.42. The molecular weight excluding hydrogens is 118 g/mol. The monoisotopic (exact) mass is 121 g/mol. The normalized spacial score (nSPS) is 9.25. The molecule has 0 rings (SSSR count). The lowest BCUT2D eigenvalue weighted by Crippen LogP contribution is -1.69. The van der Waals surface area contributed by atoms with Crippen LogP contribution in [0.4, 0.5) is 0 Å². The Morgan fingerprint density at radius 2 is 2.00 bits per heavy atom. The first-order chi connectivity index (χ1) is 1.91. The van der Waals surface area contributed by atoms with E-state index in [4.69, 9.17) is 5.73 Å². The van der Waals surface area contributed by atoms with E-state index in [1.165, 1.54) is 6.20 Å². The van der Waals surface area contributed by atoms with E-state index < -0.39 is 0 Å². The van der Waals surface area contributed by atoms with Crippen molar-refractivity contribution in [3.63, 3.8) is 0 Å². The SMILES string of the molecule is N/C=C/Br. The molecule has 0 aromatic rings. The lowest BCUT2D eigenvalue weighted by molar-refractivity contribution is 1.63. The molecule has 0 bridgehead atoms. The standard InChI is InChI=1S/C2H4BrN/c3-1-2-4/h1-2H,4H2/b2-1+. The Labute approximate surface area is 33.6 Å². The number of nitrogens with two attached hydrogens (primary N) is 1. The van der Waals surface area contributed by atoms with Gasteiger partial charge in [0.25, 0.3) is 0 Å². The molecule has 0 amide bonds. The molecule has 0 aromatic carbocycles. The van der Waals surface area contributed by atoms with Gasteiger partial charge in [0.2, 0.25) is 0 Å². The van der Waals surface area contributed by atoms with Gasteiger partial charge < -0.3 is 5.73 Å². The third-order valence-electron chi connectivity index (χ3n) is 0.0727. The van der Waals surface area contributed by atoms with Gasteiger partial charge in [0.1, 0.15) is 0 Å². The minimum Gasteiger partial charge on any atom is -0.404 e. The molecule has 0 fully saturated rings. The van der Waals surface area contributed by atoms with E-state index in [9.17, 15) is 0 Å². The van der Waals surface area contributed by atoms with Crippen LogP contribution in [-0.2, 0) is 0 Å². The molecule has 24 valence electrons. The lowest BCUT2D eigenvalue weighted by atomic mass is 11.1. The van der Waals surface area contributed by atoms with Crippen molar-refractivity contribution >= 4 is 15.9 Å². The van der Waals surface area contributed by atoms with Crippen molar-refractivity contribution in [3.05, 3.63) is 11.2 Å². The Hall–Kier alpha value is 0.0200. The van der Waals surface area contributed by atoms with Crippen molar-refractivity contribution < 1.29 is 0 Å². The summed E-state index contributed by atoms with van der Waals surface area (Å²) >= 11 is 2.94. The molecule has 0 atom stereocenters. The molecule has 0 aliphatic rings. The van der Waals surface area contributed by atoms with Crippen LogP contribution < -0.4 is 5.73 Å². The van der Waals surface area contributed by atoms with Crippen LogP contribution in [0.3, 0.4) is 0 Å². The summed E-state index contributed by atoms with van der Waals surface area (Å²) in [7, 11) is 0.